The van der Waals surface area contributed by atoms with Crippen molar-refractivity contribution in [3.8, 4) is 17.2 Å². The Bertz CT molecular complexity index is 1110. The van der Waals surface area contributed by atoms with Crippen LogP contribution in [0.1, 0.15) is 5.56 Å². The Balaban J connectivity index is 1.52. The van der Waals surface area contributed by atoms with Crippen molar-refractivity contribution in [2.75, 3.05) is 33.9 Å². The van der Waals surface area contributed by atoms with E-state index >= 15 is 0 Å². The number of nitrogens with zero attached hydrogens (tertiary/aromatic N) is 1. The molecule has 0 spiro atoms. The fourth-order valence-electron chi connectivity index (χ4n) is 2.88. The van der Waals surface area contributed by atoms with Crippen molar-refractivity contribution in [2.45, 2.75) is 0 Å². The number of hydrogen-bond donors (Lipinski definition) is 1. The zero-order valence-electron chi connectivity index (χ0n) is 17.7. The van der Waals surface area contributed by atoms with Crippen LogP contribution in [-0.2, 0) is 9.59 Å². The Hall–Kier alpha value is -2.88. The molecule has 0 aliphatic carbocycles. The van der Waals surface area contributed by atoms with Gasteiger partial charge in [0.15, 0.2) is 18.1 Å². The number of methoxy groups -OCH3 is 2. The van der Waals surface area contributed by atoms with E-state index in [0.29, 0.717) is 27.8 Å². The minimum absolute atomic E-state index is 0.0291. The van der Waals surface area contributed by atoms with Crippen LogP contribution in [0.2, 0.25) is 10.0 Å². The van der Waals surface area contributed by atoms with Crippen LogP contribution in [-0.4, -0.2) is 55.9 Å². The van der Waals surface area contributed by atoms with E-state index in [2.05, 4.69) is 5.32 Å². The third-order valence-corrected chi connectivity index (χ3v) is 5.93. The third kappa shape index (κ3) is 6.34. The minimum atomic E-state index is -0.432. The van der Waals surface area contributed by atoms with Gasteiger partial charge in [0.2, 0.25) is 0 Å². The summed E-state index contributed by atoms with van der Waals surface area (Å²) in [6, 6.07) is 9.83. The molecule has 2 aromatic rings. The highest BCUT2D eigenvalue weighted by molar-refractivity contribution is 8.18. The molecule has 0 bridgehead atoms. The maximum atomic E-state index is 12.6. The van der Waals surface area contributed by atoms with Crippen LogP contribution in [0, 0.1) is 0 Å². The number of hydrogen-bond acceptors (Lipinski definition) is 7. The van der Waals surface area contributed by atoms with Crippen LogP contribution >= 0.6 is 35.0 Å². The summed E-state index contributed by atoms with van der Waals surface area (Å²) in [5, 5.41) is 2.93. The molecule has 0 radical (unpaired) electrons. The number of imide groups is 1. The average Bonchev–Trinajstić information content (AvgIpc) is 3.05. The van der Waals surface area contributed by atoms with Crippen LogP contribution in [0.15, 0.2) is 41.3 Å². The summed E-state index contributed by atoms with van der Waals surface area (Å²) in [5.41, 5.74) is 0.685. The van der Waals surface area contributed by atoms with Gasteiger partial charge in [0.25, 0.3) is 17.1 Å². The van der Waals surface area contributed by atoms with Crippen LogP contribution in [0.4, 0.5) is 4.79 Å². The van der Waals surface area contributed by atoms with Crippen LogP contribution < -0.4 is 19.5 Å². The van der Waals surface area contributed by atoms with Gasteiger partial charge in [-0.15, -0.1) is 0 Å². The number of carbonyl (C=O) groups excluding carboxylic acids is 3. The van der Waals surface area contributed by atoms with Gasteiger partial charge in [0.1, 0.15) is 5.75 Å². The molecule has 3 amide bonds. The maximum absolute atomic E-state index is 12.6. The van der Waals surface area contributed by atoms with Crippen molar-refractivity contribution >= 4 is 58.1 Å². The van der Waals surface area contributed by atoms with Crippen LogP contribution in [0.3, 0.4) is 0 Å². The molecule has 2 aromatic carbocycles. The second-order valence-electron chi connectivity index (χ2n) is 6.66. The van der Waals surface area contributed by atoms with Gasteiger partial charge in [-0.2, -0.15) is 0 Å². The van der Waals surface area contributed by atoms with Gasteiger partial charge in [-0.25, -0.2) is 0 Å². The lowest BCUT2D eigenvalue weighted by atomic mass is 10.2. The summed E-state index contributed by atoms with van der Waals surface area (Å²) in [5.74, 6) is 0.533. The first-order valence-electron chi connectivity index (χ1n) is 9.64. The Kier molecular flexibility index (Phi) is 8.49. The molecule has 0 saturated carbocycles. The van der Waals surface area contributed by atoms with Gasteiger partial charge in [-0.3, -0.25) is 19.3 Å². The number of thioether (sulfide) groups is 1. The normalized spacial score (nSPS) is 14.5. The molecule has 3 rings (SSSR count). The van der Waals surface area contributed by atoms with Crippen LogP contribution in [0.25, 0.3) is 6.08 Å². The maximum Gasteiger partial charge on any atom is 0.293 e. The average molecular weight is 511 g/mol. The largest absolute Gasteiger partial charge is 0.493 e. The fraction of sp³-hybridized carbons (Fsp3) is 0.227. The van der Waals surface area contributed by atoms with E-state index in [1.54, 1.807) is 36.4 Å². The third-order valence-electron chi connectivity index (χ3n) is 4.49. The first kappa shape index (κ1) is 24.8. The SMILES string of the molecule is COc1ccc(/C=C2/SC(=O)N(CCNC(=O)COc3ccc(Cl)cc3Cl)C2=O)cc1OC. The highest BCUT2D eigenvalue weighted by atomic mass is 35.5. The van der Waals surface area contributed by atoms with E-state index in [9.17, 15) is 14.4 Å². The Morgan fingerprint density at radius 2 is 1.79 bits per heavy atom. The summed E-state index contributed by atoms with van der Waals surface area (Å²) in [7, 11) is 3.04. The highest BCUT2D eigenvalue weighted by Gasteiger charge is 2.34. The van der Waals surface area contributed by atoms with E-state index in [4.69, 9.17) is 37.4 Å². The fourth-order valence-corrected chi connectivity index (χ4v) is 4.21. The van der Waals surface area contributed by atoms with E-state index < -0.39 is 17.1 Å². The highest BCUT2D eigenvalue weighted by Crippen LogP contribution is 2.34. The molecule has 0 atom stereocenters. The molecular formula is C22H20Cl2N2O6S. The molecule has 1 heterocycles. The van der Waals surface area contributed by atoms with Crippen molar-refractivity contribution in [3.63, 3.8) is 0 Å². The van der Waals surface area contributed by atoms with E-state index in [1.165, 1.54) is 20.3 Å². The van der Waals surface area contributed by atoms with Crippen LogP contribution in [0.5, 0.6) is 17.2 Å². The van der Waals surface area contributed by atoms with Gasteiger partial charge in [0, 0.05) is 18.1 Å². The molecule has 1 N–H and O–H groups in total. The molecule has 0 aromatic heterocycles. The molecule has 1 aliphatic heterocycles. The van der Waals surface area contributed by atoms with Gasteiger partial charge in [0.05, 0.1) is 24.1 Å². The molecule has 11 heteroatoms. The number of benzene rings is 2. The topological polar surface area (TPSA) is 94.2 Å². The smallest absolute Gasteiger partial charge is 0.293 e. The van der Waals surface area contributed by atoms with Gasteiger partial charge in [-0.05, 0) is 53.7 Å². The predicted molar refractivity (Wildman–Crippen MR) is 127 cm³/mol. The lowest BCUT2D eigenvalue weighted by Gasteiger charge is -2.13. The van der Waals surface area contributed by atoms with Crippen molar-refractivity contribution < 1.29 is 28.6 Å². The van der Waals surface area contributed by atoms with Crippen molar-refractivity contribution in [3.05, 3.63) is 56.9 Å². The quantitative estimate of drug-likeness (QED) is 0.504. The summed E-state index contributed by atoms with van der Waals surface area (Å²) in [4.78, 5) is 38.3. The first-order valence-corrected chi connectivity index (χ1v) is 11.2. The molecule has 1 aliphatic rings. The second kappa shape index (κ2) is 11.3. The lowest BCUT2D eigenvalue weighted by Crippen LogP contribution is -2.38. The lowest BCUT2D eigenvalue weighted by molar-refractivity contribution is -0.125. The Morgan fingerprint density at radius 1 is 1.06 bits per heavy atom. The molecule has 174 valence electrons. The summed E-state index contributed by atoms with van der Waals surface area (Å²) in [6.07, 6.45) is 1.61. The number of ether oxygens (including phenoxy) is 3. The summed E-state index contributed by atoms with van der Waals surface area (Å²) in [6.45, 7) is -0.165. The summed E-state index contributed by atoms with van der Waals surface area (Å²) < 4.78 is 15.8. The Morgan fingerprint density at radius 3 is 2.48 bits per heavy atom. The van der Waals surface area contributed by atoms with Crippen molar-refractivity contribution in [2.24, 2.45) is 0 Å². The molecule has 33 heavy (non-hydrogen) atoms. The number of amides is 3. The van der Waals surface area contributed by atoms with Crippen molar-refractivity contribution in [1.82, 2.24) is 10.2 Å². The first-order chi connectivity index (χ1) is 15.8. The predicted octanol–water partition coefficient (Wildman–Crippen LogP) is 4.24. The van der Waals surface area contributed by atoms with Gasteiger partial charge < -0.3 is 19.5 Å². The van der Waals surface area contributed by atoms with E-state index in [0.717, 1.165) is 16.7 Å². The van der Waals surface area contributed by atoms with E-state index in [1.807, 2.05) is 0 Å². The summed E-state index contributed by atoms with van der Waals surface area (Å²) >= 11 is 12.6. The molecule has 1 fully saturated rings. The minimum Gasteiger partial charge on any atom is -0.493 e. The molecule has 8 nitrogen and oxygen atoms in total. The number of rotatable bonds is 9. The molecule has 1 saturated heterocycles. The zero-order valence-corrected chi connectivity index (χ0v) is 20.1. The number of halogens is 2. The van der Waals surface area contributed by atoms with Gasteiger partial charge >= 0.3 is 0 Å². The standard InChI is InChI=1S/C22H20Cl2N2O6S/c1-30-17-5-3-13(9-18(17)31-2)10-19-21(28)26(22(29)33-19)8-7-25-20(27)12-32-16-6-4-14(23)11-15(16)24/h3-6,9-11H,7-8,12H2,1-2H3,(H,25,27)/b19-10+. The molecular weight excluding hydrogens is 491 g/mol. The monoisotopic (exact) mass is 510 g/mol. The van der Waals surface area contributed by atoms with Crippen molar-refractivity contribution in [1.29, 1.82) is 0 Å². The van der Waals surface area contributed by atoms with Gasteiger partial charge in [-0.1, -0.05) is 29.3 Å². The number of nitrogens with one attached hydrogen (secondary N) is 1. The zero-order chi connectivity index (χ0) is 24.0. The molecule has 0 unspecified atom stereocenters. The second-order valence-corrected chi connectivity index (χ2v) is 8.50. The van der Waals surface area contributed by atoms with E-state index in [-0.39, 0.29) is 29.6 Å². The Labute approximate surface area is 204 Å². The number of carbonyl (C=O) groups is 3.